The molecule has 4 rings (SSSR count). The van der Waals surface area contributed by atoms with Gasteiger partial charge < -0.3 is 97.5 Å². The molecule has 0 aliphatic carbocycles. The average Bonchev–Trinajstić information content (AvgIpc) is 3.72. The number of hydrogen-bond acceptors (Lipinski definition) is 10. The molecule has 4 heterocycles. The molecule has 246 valence electrons. The van der Waals surface area contributed by atoms with Crippen LogP contribution in [0, 0.1) is 0 Å². The number of carbonyl (C=O) groups is 4. The molecule has 0 bridgehead atoms. The van der Waals surface area contributed by atoms with Gasteiger partial charge in [-0.1, -0.05) is 38.5 Å². The second-order valence-corrected chi connectivity index (χ2v) is 8.15. The van der Waals surface area contributed by atoms with Crippen LogP contribution in [0.2, 0.25) is 0 Å². The Hall–Kier alpha value is -2.35. The Morgan fingerprint density at radius 2 is 1.21 bits per heavy atom. The van der Waals surface area contributed by atoms with Crippen LogP contribution in [0.25, 0.3) is 0 Å². The molecule has 0 fully saturated rings. The second kappa shape index (κ2) is 31.1. The molecule has 0 atom stereocenters. The van der Waals surface area contributed by atoms with Gasteiger partial charge >= 0.3 is 23.9 Å². The maximum atomic E-state index is 10.2. The molecule has 0 unspecified atom stereocenters. The smallest absolute Gasteiger partial charge is 0.323 e. The van der Waals surface area contributed by atoms with Gasteiger partial charge in [-0.15, -0.1) is 0 Å². The number of nitrogens with zero attached hydrogens (tertiary/aromatic N) is 7. The van der Waals surface area contributed by atoms with Gasteiger partial charge in [-0.3, -0.25) is 19.2 Å². The second-order valence-electron chi connectivity index (χ2n) is 7.59. The van der Waals surface area contributed by atoms with E-state index in [1.807, 2.05) is 41.2 Å². The van der Waals surface area contributed by atoms with E-state index in [-0.39, 0.29) is 72.9 Å². The van der Waals surface area contributed by atoms with Crippen LogP contribution >= 0.6 is 38.5 Å². The van der Waals surface area contributed by atoms with E-state index in [0.717, 1.165) is 0 Å². The van der Waals surface area contributed by atoms with E-state index in [4.69, 9.17) is 20.4 Å². The lowest BCUT2D eigenvalue weighted by molar-refractivity contribution is -0.138. The highest BCUT2D eigenvalue weighted by Crippen LogP contribution is 2.02. The molecule has 20 heteroatoms. The summed E-state index contributed by atoms with van der Waals surface area (Å²) in [5.41, 5.74) is 0. The minimum absolute atomic E-state index is 0. The first-order valence-electron chi connectivity index (χ1n) is 11.4. The van der Waals surface area contributed by atoms with Crippen LogP contribution in [0.1, 0.15) is 0 Å². The maximum absolute atomic E-state index is 10.2. The predicted molar refractivity (Wildman–Crippen MR) is 162 cm³/mol. The average molecular weight is 1010 g/mol. The fourth-order valence-corrected chi connectivity index (χ4v) is 2.48. The summed E-state index contributed by atoms with van der Waals surface area (Å²) in [6.07, 6.45) is 16.9. The van der Waals surface area contributed by atoms with Crippen LogP contribution in [0.5, 0.6) is 0 Å². The van der Waals surface area contributed by atoms with Crippen LogP contribution in [-0.4, -0.2) is 134 Å². The summed E-state index contributed by atoms with van der Waals surface area (Å²) in [6, 6.07) is 0. The first-order chi connectivity index (χ1) is 19.4. The van der Waals surface area contributed by atoms with Gasteiger partial charge in [0.25, 0.3) is 0 Å². The molecular formula is C23H36BrI3N8O8-2. The van der Waals surface area contributed by atoms with E-state index in [2.05, 4.69) is 53.5 Å². The van der Waals surface area contributed by atoms with E-state index in [1.165, 1.54) is 10.9 Å². The zero-order chi connectivity index (χ0) is 31.6. The normalized spacial score (nSPS) is 11.6. The number of alkyl halides is 2. The van der Waals surface area contributed by atoms with Crippen molar-refractivity contribution in [3.8, 4) is 0 Å². The molecule has 43 heavy (non-hydrogen) atoms. The molecule has 5 N–H and O–H groups in total. The summed E-state index contributed by atoms with van der Waals surface area (Å²) in [5, 5.41) is 32.7. The SMILES string of the molecule is CI.CN1C=CN(CC(=O)O)C1.CN1C=CN(CC(=O)O)C1.O=C(O)CBr.O=C(O)Cn1ccnc1.[I-].[I-].c1c[nH]cn1. The van der Waals surface area contributed by atoms with E-state index >= 15 is 0 Å². The number of aromatic amines is 1. The van der Waals surface area contributed by atoms with Gasteiger partial charge in [0.15, 0.2) is 0 Å². The summed E-state index contributed by atoms with van der Waals surface area (Å²) < 4.78 is 1.49. The van der Waals surface area contributed by atoms with Crippen LogP contribution < -0.4 is 48.0 Å². The summed E-state index contributed by atoms with van der Waals surface area (Å²) in [5.74, 6) is -3.27. The highest BCUT2D eigenvalue weighted by atomic mass is 127. The monoisotopic (exact) mass is 1010 g/mol. The van der Waals surface area contributed by atoms with Gasteiger partial charge in [0.2, 0.25) is 0 Å². The molecule has 0 saturated heterocycles. The van der Waals surface area contributed by atoms with Gasteiger partial charge in [-0.2, -0.15) is 0 Å². The number of carboxylic acids is 4. The highest BCUT2D eigenvalue weighted by Gasteiger charge is 2.11. The van der Waals surface area contributed by atoms with E-state index in [9.17, 15) is 19.2 Å². The third-order valence-electron chi connectivity index (χ3n) is 3.95. The number of aliphatic carboxylic acids is 4. The zero-order valence-corrected chi connectivity index (χ0v) is 31.6. The Labute approximate surface area is 306 Å². The van der Waals surface area contributed by atoms with Gasteiger partial charge in [0.05, 0.1) is 26.0 Å². The highest BCUT2D eigenvalue weighted by molar-refractivity contribution is 14.1. The van der Waals surface area contributed by atoms with Crippen LogP contribution in [0.3, 0.4) is 0 Å². The van der Waals surface area contributed by atoms with Gasteiger partial charge in [0, 0.05) is 63.7 Å². The van der Waals surface area contributed by atoms with Crippen molar-refractivity contribution in [2.75, 3.05) is 50.8 Å². The van der Waals surface area contributed by atoms with Crippen molar-refractivity contribution in [2.24, 2.45) is 0 Å². The molecule has 2 aliphatic rings. The fourth-order valence-electron chi connectivity index (χ4n) is 2.48. The molecule has 0 saturated carbocycles. The van der Waals surface area contributed by atoms with Crippen molar-refractivity contribution < 1.29 is 87.6 Å². The lowest BCUT2D eigenvalue weighted by Gasteiger charge is -2.14. The van der Waals surface area contributed by atoms with Crippen LogP contribution in [-0.2, 0) is 25.7 Å². The van der Waals surface area contributed by atoms with E-state index in [1.54, 1.807) is 53.3 Å². The Morgan fingerprint density at radius 3 is 1.42 bits per heavy atom. The topological polar surface area (TPSA) is 209 Å². The lowest BCUT2D eigenvalue weighted by atomic mass is 10.6. The van der Waals surface area contributed by atoms with Gasteiger partial charge in [-0.25, -0.2) is 9.97 Å². The van der Waals surface area contributed by atoms with Crippen LogP contribution in [0.15, 0.2) is 62.2 Å². The minimum atomic E-state index is -0.854. The van der Waals surface area contributed by atoms with Crippen molar-refractivity contribution in [1.29, 1.82) is 0 Å². The molecule has 0 radical (unpaired) electrons. The Bertz CT molecular complexity index is 979. The summed E-state index contributed by atoms with van der Waals surface area (Å²) >= 11 is 4.86. The molecule has 0 aromatic carbocycles. The van der Waals surface area contributed by atoms with Crippen LogP contribution in [0.4, 0.5) is 0 Å². The molecule has 2 aliphatic heterocycles. The molecule has 0 spiro atoms. The first kappa shape index (κ1) is 47.6. The maximum Gasteiger partial charge on any atom is 0.323 e. The number of halogens is 4. The van der Waals surface area contributed by atoms with E-state index in [0.29, 0.717) is 13.3 Å². The number of nitrogens with one attached hydrogen (secondary N) is 1. The van der Waals surface area contributed by atoms with Crippen molar-refractivity contribution in [1.82, 2.24) is 39.1 Å². The van der Waals surface area contributed by atoms with Crippen molar-refractivity contribution in [3.63, 3.8) is 0 Å². The first-order valence-corrected chi connectivity index (χ1v) is 14.7. The quantitative estimate of drug-likeness (QED) is 0.131. The molecule has 0 amide bonds. The Kier molecular flexibility index (Phi) is 34.4. The third-order valence-corrected chi connectivity index (χ3v) is 4.43. The number of H-pyrrole nitrogens is 1. The predicted octanol–water partition coefficient (Wildman–Crippen LogP) is -4.60. The summed E-state index contributed by atoms with van der Waals surface area (Å²) in [6.45, 7) is 1.50. The van der Waals surface area contributed by atoms with Crippen molar-refractivity contribution in [2.45, 2.75) is 6.54 Å². The fraction of sp³-hybridized carbons (Fsp3) is 0.391. The minimum Gasteiger partial charge on any atom is -1.00 e. The zero-order valence-electron chi connectivity index (χ0n) is 23.6. The summed E-state index contributed by atoms with van der Waals surface area (Å²) in [4.78, 5) is 59.0. The molecular weight excluding hydrogens is 977 g/mol. The van der Waals surface area contributed by atoms with Gasteiger partial charge in [0.1, 0.15) is 25.0 Å². The molecule has 2 aromatic heterocycles. The standard InChI is InChI=1S/2C6H10N2O2.C5H6N2O2.C3H4N2.C2H3BrO2.CH3I.2HI/c2*1-7-2-3-8(5-7)4-6(9)10;8-5(9)3-7-2-1-6-4-7;1-2-5-3-4-1;3-1-2(4)5;1-2;;/h2*2-3H,4-5H2,1H3,(H,9,10);1-2,4H,3H2,(H,8,9);1-3H,(H,4,5);1H2,(H,4,5);1H3;2*1H/p-2. The number of imidazole rings is 2. The number of aromatic nitrogens is 4. The molecule has 16 nitrogen and oxygen atoms in total. The van der Waals surface area contributed by atoms with Gasteiger partial charge in [-0.05, 0) is 4.93 Å². The largest absolute Gasteiger partial charge is 1.00 e. The number of carboxylic acid groups (broad SMARTS) is 4. The lowest BCUT2D eigenvalue weighted by Crippen LogP contribution is -3.00. The number of hydrogen-bond donors (Lipinski definition) is 5. The van der Waals surface area contributed by atoms with Crippen molar-refractivity contribution >= 4 is 62.4 Å². The third kappa shape index (κ3) is 32.4. The molecule has 2 aromatic rings. The Morgan fingerprint density at radius 1 is 0.767 bits per heavy atom. The van der Waals surface area contributed by atoms with Crippen molar-refractivity contribution in [3.05, 3.63) is 62.2 Å². The number of rotatable bonds is 7. The summed E-state index contributed by atoms with van der Waals surface area (Å²) in [7, 11) is 3.80. The van der Waals surface area contributed by atoms with E-state index < -0.39 is 23.9 Å². The Balaban J connectivity index is -0.000000221.